The molecule has 0 aliphatic heterocycles. The second kappa shape index (κ2) is 16.3. The van der Waals surface area contributed by atoms with Crippen LogP contribution < -0.4 is 10.0 Å². The number of nitrogens with one attached hydrogen (secondary N) is 2. The van der Waals surface area contributed by atoms with Gasteiger partial charge in [-0.3, -0.25) is 9.59 Å². The lowest BCUT2D eigenvalue weighted by molar-refractivity contribution is -0.147. The van der Waals surface area contributed by atoms with Gasteiger partial charge in [0.2, 0.25) is 15.9 Å². The predicted molar refractivity (Wildman–Crippen MR) is 138 cm³/mol. The largest absolute Gasteiger partial charge is 0.462 e. The highest BCUT2D eigenvalue weighted by atomic mass is 32.2. The Morgan fingerprint density at radius 1 is 0.970 bits per heavy atom. The fourth-order valence-corrected chi connectivity index (χ4v) is 3.84. The van der Waals surface area contributed by atoms with Gasteiger partial charge in [-0.25, -0.2) is 8.42 Å². The molecule has 0 aliphatic rings. The van der Waals surface area contributed by atoms with Gasteiger partial charge in [0.1, 0.15) is 12.6 Å². The van der Waals surface area contributed by atoms with Crippen molar-refractivity contribution in [1.82, 2.24) is 10.0 Å². The number of carbonyl (C=O) groups excluding carboxylic acids is 2. The van der Waals surface area contributed by atoms with Crippen LogP contribution in [0.5, 0.6) is 0 Å². The molecule has 0 aliphatic carbocycles. The Hall–Kier alpha value is -2.36. The van der Waals surface area contributed by atoms with Gasteiger partial charge in [0, 0.05) is 7.18 Å². The third-order valence-corrected chi connectivity index (χ3v) is 5.70. The Kier molecular flexibility index (Phi) is 15.1. The molecule has 9 heteroatoms. The van der Waals surface area contributed by atoms with Crippen LogP contribution in [0.1, 0.15) is 40.2 Å². The average molecular weight is 499 g/mol. The van der Waals surface area contributed by atoms with Crippen LogP contribution >= 0.6 is 12.6 Å². The molecule has 33 heavy (non-hydrogen) atoms. The van der Waals surface area contributed by atoms with Crippen LogP contribution in [0.15, 0.2) is 59.5 Å². The number of amides is 1. The van der Waals surface area contributed by atoms with Gasteiger partial charge in [0.25, 0.3) is 0 Å². The number of hydrogen-bond donors (Lipinski definition) is 3. The molecule has 2 aromatic rings. The molecule has 0 radical (unpaired) electrons. The van der Waals surface area contributed by atoms with Crippen molar-refractivity contribution in [2.24, 2.45) is 0 Å². The molecule has 0 saturated carbocycles. The number of aryl methyl sites for hydroxylation is 2. The molecule has 0 saturated heterocycles. The molecule has 0 spiro atoms. The van der Waals surface area contributed by atoms with Gasteiger partial charge >= 0.3 is 5.97 Å². The minimum absolute atomic E-state index is 0. The fourth-order valence-electron chi connectivity index (χ4n) is 2.27. The van der Waals surface area contributed by atoms with Crippen LogP contribution in [0.25, 0.3) is 0 Å². The van der Waals surface area contributed by atoms with E-state index in [0.717, 1.165) is 5.56 Å². The number of thiol groups is 1. The summed E-state index contributed by atoms with van der Waals surface area (Å²) in [7, 11) is -3.87. The first kappa shape index (κ1) is 30.6. The summed E-state index contributed by atoms with van der Waals surface area (Å²) >= 11 is 3.99. The molecule has 1 atom stereocenters. The Morgan fingerprint density at radius 2 is 1.48 bits per heavy atom. The first-order valence-corrected chi connectivity index (χ1v) is 12.9. The third kappa shape index (κ3) is 13.1. The Balaban J connectivity index is 0. The van der Waals surface area contributed by atoms with Gasteiger partial charge in [0.05, 0.1) is 11.0 Å². The summed E-state index contributed by atoms with van der Waals surface area (Å²) in [6.07, 6.45) is -0.296. The fraction of sp³-hybridized carbons (Fsp3) is 0.417. The van der Waals surface area contributed by atoms with Crippen LogP contribution in [0.3, 0.4) is 0 Å². The van der Waals surface area contributed by atoms with Crippen molar-refractivity contribution in [3.63, 3.8) is 0 Å². The van der Waals surface area contributed by atoms with E-state index in [1.165, 1.54) is 17.7 Å². The van der Waals surface area contributed by atoms with E-state index in [2.05, 4.69) is 41.7 Å². The maximum Gasteiger partial charge on any atom is 0.325 e. The summed E-state index contributed by atoms with van der Waals surface area (Å²) in [4.78, 5) is 23.5. The zero-order chi connectivity index (χ0) is 25.4. The molecule has 1 amide bonds. The Labute approximate surface area is 205 Å². The number of rotatable bonds is 8. The molecule has 2 aromatic carbocycles. The smallest absolute Gasteiger partial charge is 0.325 e. The van der Waals surface area contributed by atoms with Crippen molar-refractivity contribution < 1.29 is 24.2 Å². The zero-order valence-electron chi connectivity index (χ0n) is 20.2. The number of benzene rings is 2. The summed E-state index contributed by atoms with van der Waals surface area (Å²) < 4.78 is 31.7. The zero-order valence-corrected chi connectivity index (χ0v) is 21.9. The molecule has 0 fully saturated rings. The van der Waals surface area contributed by atoms with E-state index in [1.807, 2.05) is 39.0 Å². The van der Waals surface area contributed by atoms with Crippen LogP contribution in [-0.2, 0) is 24.3 Å². The lowest BCUT2D eigenvalue weighted by Gasteiger charge is -2.17. The quantitative estimate of drug-likeness (QED) is 0.378. The number of ether oxygens (including phenoxy) is 1. The van der Waals surface area contributed by atoms with Crippen molar-refractivity contribution in [3.8, 4) is 0 Å². The highest BCUT2D eigenvalue weighted by molar-refractivity contribution is 7.89. The molecule has 0 aromatic heterocycles. The highest BCUT2D eigenvalue weighted by Crippen LogP contribution is 2.11. The van der Waals surface area contributed by atoms with Crippen LogP contribution in [-0.4, -0.2) is 44.7 Å². The lowest BCUT2D eigenvalue weighted by Crippen LogP contribution is -2.49. The van der Waals surface area contributed by atoms with Crippen molar-refractivity contribution in [2.75, 3.05) is 12.3 Å². The van der Waals surface area contributed by atoms with Gasteiger partial charge < -0.3 is 10.1 Å². The normalized spacial score (nSPS) is 11.3. The van der Waals surface area contributed by atoms with E-state index in [-0.39, 0.29) is 24.7 Å². The van der Waals surface area contributed by atoms with Crippen molar-refractivity contribution in [3.05, 3.63) is 65.7 Å². The highest BCUT2D eigenvalue weighted by Gasteiger charge is 2.25. The van der Waals surface area contributed by atoms with Crippen LogP contribution in [0, 0.1) is 13.8 Å². The topological polar surface area (TPSA) is 102 Å². The molecule has 186 valence electrons. The summed E-state index contributed by atoms with van der Waals surface area (Å²) in [5.74, 6) is -1.31. The van der Waals surface area contributed by atoms with Crippen molar-refractivity contribution >= 4 is 34.5 Å². The molecule has 0 unspecified atom stereocenters. The first-order chi connectivity index (χ1) is 15.5. The first-order valence-electron chi connectivity index (χ1n) is 10.7. The molecule has 0 heterocycles. The summed E-state index contributed by atoms with van der Waals surface area (Å²) in [5.41, 5.74) is 2.24. The van der Waals surface area contributed by atoms with E-state index in [9.17, 15) is 18.0 Å². The molecule has 2 N–H and O–H groups in total. The van der Waals surface area contributed by atoms with E-state index in [4.69, 9.17) is 4.74 Å². The van der Waals surface area contributed by atoms with E-state index < -0.39 is 27.9 Å². The third-order valence-electron chi connectivity index (χ3n) is 3.84. The second-order valence-corrected chi connectivity index (χ2v) is 9.16. The van der Waals surface area contributed by atoms with Gasteiger partial charge in [-0.1, -0.05) is 67.4 Å². The van der Waals surface area contributed by atoms with Gasteiger partial charge in [0.15, 0.2) is 0 Å². The Bertz CT molecular complexity index is 938. The number of hydrogen-bond acceptors (Lipinski definition) is 6. The van der Waals surface area contributed by atoms with E-state index >= 15 is 0 Å². The number of carbonyl (C=O) groups is 2. The monoisotopic (exact) mass is 498 g/mol. The predicted octanol–water partition coefficient (Wildman–Crippen LogP) is 3.91. The molecular formula is C24H38N2O5S2. The SMILES string of the molecule is CC.Cc1ccc(S(=O)(=O)N[C@@H](CS)C(=O)NCC(=O)OC(C)C)cc1.Cc1ccccc1.[HH]. The van der Waals surface area contributed by atoms with Gasteiger partial charge in [-0.2, -0.15) is 17.4 Å². The maximum absolute atomic E-state index is 12.3. The standard InChI is InChI=1S/C15H22N2O5S2.C7H8.C2H6.H2/c1-10(2)22-14(18)8-16-15(19)13(9-23)17-24(20,21)12-6-4-11(3)5-7-12;1-7-5-3-2-4-6-7;1-2;/h4-7,10,13,17,23H,8-9H2,1-3H3,(H,16,19);2-6H,1H3;1-2H3;1H/t13-;;;/m0.../s1. The van der Waals surface area contributed by atoms with Crippen LogP contribution in [0.2, 0.25) is 0 Å². The lowest BCUT2D eigenvalue weighted by atomic mass is 10.2. The van der Waals surface area contributed by atoms with E-state index in [0.29, 0.717) is 0 Å². The maximum atomic E-state index is 12.3. The number of esters is 1. The molecule has 0 bridgehead atoms. The summed E-state index contributed by atoms with van der Waals surface area (Å²) in [6.45, 7) is 11.0. The minimum atomic E-state index is -3.87. The number of sulfonamides is 1. The molecular weight excluding hydrogens is 460 g/mol. The Morgan fingerprint density at radius 3 is 1.91 bits per heavy atom. The summed E-state index contributed by atoms with van der Waals surface area (Å²) in [6, 6.07) is 15.4. The van der Waals surface area contributed by atoms with Crippen molar-refractivity contribution in [2.45, 2.75) is 58.6 Å². The van der Waals surface area contributed by atoms with Crippen molar-refractivity contribution in [1.29, 1.82) is 0 Å². The van der Waals surface area contributed by atoms with Gasteiger partial charge in [-0.15, -0.1) is 0 Å². The molecule has 2 rings (SSSR count). The minimum Gasteiger partial charge on any atom is -0.462 e. The second-order valence-electron chi connectivity index (χ2n) is 7.08. The van der Waals surface area contributed by atoms with Gasteiger partial charge in [-0.05, 0) is 39.8 Å². The summed E-state index contributed by atoms with van der Waals surface area (Å²) in [5, 5.41) is 2.33. The molecule has 7 nitrogen and oxygen atoms in total. The van der Waals surface area contributed by atoms with Crippen LogP contribution in [0.4, 0.5) is 0 Å². The average Bonchev–Trinajstić information content (AvgIpc) is 2.78. The van der Waals surface area contributed by atoms with E-state index in [1.54, 1.807) is 26.0 Å².